The highest BCUT2D eigenvalue weighted by molar-refractivity contribution is 5.95. The van der Waals surface area contributed by atoms with Crippen LogP contribution in [0.2, 0.25) is 0 Å². The molecule has 1 unspecified atom stereocenters. The molecular weight excluding hydrogens is 369 g/mol. The Hall–Kier alpha value is -3.37. The molecular formula is C21H15F3N2O2. The lowest BCUT2D eigenvalue weighted by molar-refractivity contribution is -0.137. The molecule has 4 nitrogen and oxygen atoms in total. The Balaban J connectivity index is 1.79. The maximum Gasteiger partial charge on any atom is 0.417 e. The molecule has 3 rings (SSSR count). The Bertz CT molecular complexity index is 1070. The predicted octanol–water partition coefficient (Wildman–Crippen LogP) is 4.27. The van der Waals surface area contributed by atoms with Gasteiger partial charge in [0.15, 0.2) is 0 Å². The molecule has 0 aliphatic carbocycles. The van der Waals surface area contributed by atoms with Crippen molar-refractivity contribution >= 4 is 22.4 Å². The highest BCUT2D eigenvalue weighted by atomic mass is 19.4. The number of fused-ring (bicyclic) bond motifs is 1. The highest BCUT2D eigenvalue weighted by Gasteiger charge is 2.34. The van der Waals surface area contributed by atoms with Crippen molar-refractivity contribution in [3.8, 4) is 6.07 Å². The largest absolute Gasteiger partial charge is 0.417 e. The van der Waals surface area contributed by atoms with Gasteiger partial charge in [0.1, 0.15) is 6.10 Å². The number of nitrogens with zero attached hydrogens (tertiary/aromatic N) is 1. The van der Waals surface area contributed by atoms with Gasteiger partial charge in [0.05, 0.1) is 17.2 Å². The monoisotopic (exact) mass is 384 g/mol. The van der Waals surface area contributed by atoms with Crippen LogP contribution in [0.5, 0.6) is 0 Å². The van der Waals surface area contributed by atoms with Crippen molar-refractivity contribution in [2.24, 2.45) is 0 Å². The summed E-state index contributed by atoms with van der Waals surface area (Å²) in [6, 6.07) is 17.3. The first-order chi connectivity index (χ1) is 13.3. The second-order valence-corrected chi connectivity index (χ2v) is 6.22. The number of aliphatic hydroxyl groups is 1. The van der Waals surface area contributed by atoms with Crippen molar-refractivity contribution in [1.29, 1.82) is 5.26 Å². The average Bonchev–Trinajstić information content (AvgIpc) is 2.67. The summed E-state index contributed by atoms with van der Waals surface area (Å²) in [5, 5.41) is 23.2. The number of hydrogen-bond donors (Lipinski definition) is 2. The molecule has 0 bridgehead atoms. The van der Waals surface area contributed by atoms with Crippen molar-refractivity contribution in [1.82, 2.24) is 0 Å². The zero-order chi connectivity index (χ0) is 20.3. The summed E-state index contributed by atoms with van der Waals surface area (Å²) in [6.07, 6.45) is -6.17. The van der Waals surface area contributed by atoms with E-state index in [0.717, 1.165) is 22.4 Å². The van der Waals surface area contributed by atoms with E-state index in [2.05, 4.69) is 5.32 Å². The summed E-state index contributed by atoms with van der Waals surface area (Å²) in [7, 11) is 0. The molecule has 2 N–H and O–H groups in total. The molecule has 28 heavy (non-hydrogen) atoms. The maximum atomic E-state index is 13.0. The Morgan fingerprint density at radius 2 is 1.82 bits per heavy atom. The van der Waals surface area contributed by atoms with Crippen LogP contribution in [0.3, 0.4) is 0 Å². The first-order valence-electron chi connectivity index (χ1n) is 8.36. The third-order valence-electron chi connectivity index (χ3n) is 4.31. The molecule has 0 saturated heterocycles. The number of anilines is 1. The van der Waals surface area contributed by atoms with Gasteiger partial charge in [0.2, 0.25) is 0 Å². The second kappa shape index (κ2) is 7.71. The van der Waals surface area contributed by atoms with Crippen molar-refractivity contribution in [3.63, 3.8) is 0 Å². The Kier molecular flexibility index (Phi) is 5.34. The van der Waals surface area contributed by atoms with E-state index in [1.54, 1.807) is 12.1 Å². The molecule has 7 heteroatoms. The number of hydrogen-bond acceptors (Lipinski definition) is 3. The molecule has 0 aliphatic rings. The van der Waals surface area contributed by atoms with Gasteiger partial charge in [-0.05, 0) is 34.5 Å². The van der Waals surface area contributed by atoms with Crippen LogP contribution in [0.4, 0.5) is 18.9 Å². The fourth-order valence-corrected chi connectivity index (χ4v) is 2.95. The summed E-state index contributed by atoms with van der Waals surface area (Å²) < 4.78 is 39.1. The van der Waals surface area contributed by atoms with E-state index in [-0.39, 0.29) is 12.1 Å². The molecule has 0 fully saturated rings. The molecule has 0 aliphatic heterocycles. The van der Waals surface area contributed by atoms with E-state index < -0.39 is 29.3 Å². The number of aliphatic hydroxyl groups excluding tert-OH is 1. The molecule has 0 saturated carbocycles. The van der Waals surface area contributed by atoms with Crippen molar-refractivity contribution < 1.29 is 23.1 Å². The smallest absolute Gasteiger partial charge is 0.383 e. The minimum absolute atomic E-state index is 0.00952. The average molecular weight is 384 g/mol. The first kappa shape index (κ1) is 19.4. The molecule has 0 spiro atoms. The van der Waals surface area contributed by atoms with Crippen LogP contribution >= 0.6 is 0 Å². The lowest BCUT2D eigenvalue weighted by Crippen LogP contribution is -2.29. The molecule has 142 valence electrons. The molecule has 1 atom stereocenters. The van der Waals surface area contributed by atoms with Crippen molar-refractivity contribution in [3.05, 3.63) is 77.4 Å². The Labute approximate surface area is 158 Å². The highest BCUT2D eigenvalue weighted by Crippen LogP contribution is 2.33. The number of halogens is 3. The van der Waals surface area contributed by atoms with Gasteiger partial charge in [-0.1, -0.05) is 42.5 Å². The Morgan fingerprint density at radius 1 is 1.11 bits per heavy atom. The van der Waals surface area contributed by atoms with Crippen molar-refractivity contribution in [2.75, 3.05) is 5.32 Å². The summed E-state index contributed by atoms with van der Waals surface area (Å²) in [4.78, 5) is 12.3. The summed E-state index contributed by atoms with van der Waals surface area (Å²) in [5.74, 6) is -0.828. The predicted molar refractivity (Wildman–Crippen MR) is 98.4 cm³/mol. The summed E-state index contributed by atoms with van der Waals surface area (Å²) in [6.45, 7) is 0. The number of carbonyl (C=O) groups is 1. The van der Waals surface area contributed by atoms with Crippen LogP contribution in [-0.2, 0) is 17.4 Å². The summed E-state index contributed by atoms with van der Waals surface area (Å²) >= 11 is 0. The number of amides is 1. The first-order valence-corrected chi connectivity index (χ1v) is 8.36. The number of alkyl halides is 3. The normalized spacial score (nSPS) is 12.4. The second-order valence-electron chi connectivity index (χ2n) is 6.22. The van der Waals surface area contributed by atoms with Crippen LogP contribution in [0.15, 0.2) is 60.7 Å². The van der Waals surface area contributed by atoms with Gasteiger partial charge in [-0.2, -0.15) is 18.4 Å². The van der Waals surface area contributed by atoms with Crippen LogP contribution < -0.4 is 5.32 Å². The minimum Gasteiger partial charge on any atom is -0.383 e. The molecule has 3 aromatic carbocycles. The lowest BCUT2D eigenvalue weighted by Gasteiger charge is -2.15. The third-order valence-corrected chi connectivity index (χ3v) is 4.31. The molecule has 0 aromatic heterocycles. The quantitative estimate of drug-likeness (QED) is 0.706. The van der Waals surface area contributed by atoms with Gasteiger partial charge in [-0.3, -0.25) is 4.79 Å². The van der Waals surface area contributed by atoms with E-state index in [9.17, 15) is 23.1 Å². The van der Waals surface area contributed by atoms with Gasteiger partial charge < -0.3 is 10.4 Å². The molecule has 0 radical (unpaired) electrons. The van der Waals surface area contributed by atoms with E-state index in [1.807, 2.05) is 30.3 Å². The van der Waals surface area contributed by atoms with E-state index >= 15 is 0 Å². The fraction of sp³-hybridized carbons (Fsp3) is 0.143. The maximum absolute atomic E-state index is 13.0. The molecule has 1 amide bonds. The number of benzene rings is 3. The van der Waals surface area contributed by atoms with Gasteiger partial charge in [0, 0.05) is 12.1 Å². The molecule has 3 aromatic rings. The van der Waals surface area contributed by atoms with Crippen LogP contribution in [0, 0.1) is 11.3 Å². The fourth-order valence-electron chi connectivity index (χ4n) is 2.95. The van der Waals surface area contributed by atoms with Gasteiger partial charge in [-0.15, -0.1) is 0 Å². The standard InChI is InChI=1S/C21H15F3N2O2/c22-21(23,24)18-11-16(9-8-15(18)12-25)26-20(28)19(27)10-14-6-3-5-13-4-1-2-7-17(13)14/h1-9,11,19,27H,10H2,(H,26,28). The van der Waals surface area contributed by atoms with Crippen molar-refractivity contribution in [2.45, 2.75) is 18.7 Å². The van der Waals surface area contributed by atoms with Crippen LogP contribution in [-0.4, -0.2) is 17.1 Å². The zero-order valence-electron chi connectivity index (χ0n) is 14.5. The topological polar surface area (TPSA) is 73.1 Å². The van der Waals surface area contributed by atoms with E-state index in [0.29, 0.717) is 6.07 Å². The Morgan fingerprint density at radius 3 is 2.54 bits per heavy atom. The zero-order valence-corrected chi connectivity index (χ0v) is 14.5. The number of carbonyl (C=O) groups excluding carboxylic acids is 1. The number of nitrogens with one attached hydrogen (secondary N) is 1. The van der Waals surface area contributed by atoms with Gasteiger partial charge in [0.25, 0.3) is 5.91 Å². The van der Waals surface area contributed by atoms with Crippen LogP contribution in [0.25, 0.3) is 10.8 Å². The van der Waals surface area contributed by atoms with Gasteiger partial charge >= 0.3 is 6.18 Å². The molecule has 0 heterocycles. The number of nitriles is 1. The third kappa shape index (κ3) is 4.13. The number of rotatable bonds is 4. The van der Waals surface area contributed by atoms with E-state index in [4.69, 9.17) is 5.26 Å². The van der Waals surface area contributed by atoms with E-state index in [1.165, 1.54) is 12.1 Å². The van der Waals surface area contributed by atoms with Gasteiger partial charge in [-0.25, -0.2) is 0 Å². The lowest BCUT2D eigenvalue weighted by atomic mass is 9.99. The SMILES string of the molecule is N#Cc1ccc(NC(=O)C(O)Cc2cccc3ccccc23)cc1C(F)(F)F. The summed E-state index contributed by atoms with van der Waals surface area (Å²) in [5.41, 5.74) is -1.08. The van der Waals surface area contributed by atoms with Crippen LogP contribution in [0.1, 0.15) is 16.7 Å². The minimum atomic E-state index is -4.73.